The second-order valence-electron chi connectivity index (χ2n) is 4.96. The van der Waals surface area contributed by atoms with Crippen molar-refractivity contribution < 1.29 is 5.11 Å². The Morgan fingerprint density at radius 1 is 1.06 bits per heavy atom. The molecule has 0 fully saturated rings. The van der Waals surface area contributed by atoms with E-state index in [1.54, 1.807) is 0 Å². The normalized spacial score (nSPS) is 11.4. The molecule has 0 saturated heterocycles. The summed E-state index contributed by atoms with van der Waals surface area (Å²) in [6.45, 7) is 10.7. The summed E-state index contributed by atoms with van der Waals surface area (Å²) in [4.78, 5) is 0. The molecular formula is C15H24O. The Morgan fingerprint density at radius 3 is 2.00 bits per heavy atom. The minimum Gasteiger partial charge on any atom is -0.507 e. The molecule has 1 rings (SSSR count). The number of hydrogen-bond donors (Lipinski definition) is 1. The van der Waals surface area contributed by atoms with Crippen LogP contribution in [0.3, 0.4) is 0 Å². The number of phenolic OH excluding ortho intramolecular Hbond substituents is 1. The Bertz CT molecular complexity index is 349. The molecule has 0 aromatic heterocycles. The van der Waals surface area contributed by atoms with Gasteiger partial charge in [-0.3, -0.25) is 0 Å². The van der Waals surface area contributed by atoms with Crippen LogP contribution in [0.25, 0.3) is 0 Å². The van der Waals surface area contributed by atoms with Crippen LogP contribution in [0, 0.1) is 6.92 Å². The third-order valence-electron chi connectivity index (χ3n) is 3.36. The van der Waals surface area contributed by atoms with Gasteiger partial charge in [-0.1, -0.05) is 45.4 Å². The summed E-state index contributed by atoms with van der Waals surface area (Å²) in [5, 5.41) is 10.3. The Labute approximate surface area is 99.5 Å². The average Bonchev–Trinajstić information content (AvgIpc) is 2.23. The average molecular weight is 220 g/mol. The SMILES string of the molecule is CCC(CC)c1cc(C)cc(C(C)C)c1O. The molecule has 0 saturated carbocycles. The van der Waals surface area contributed by atoms with Crippen LogP contribution >= 0.6 is 0 Å². The van der Waals surface area contributed by atoms with E-state index >= 15 is 0 Å². The molecular weight excluding hydrogens is 196 g/mol. The molecule has 0 unspecified atom stereocenters. The first kappa shape index (κ1) is 13.1. The van der Waals surface area contributed by atoms with Gasteiger partial charge in [0.25, 0.3) is 0 Å². The van der Waals surface area contributed by atoms with Gasteiger partial charge in [-0.15, -0.1) is 0 Å². The minimum atomic E-state index is 0.382. The van der Waals surface area contributed by atoms with E-state index in [1.165, 1.54) is 5.56 Å². The van der Waals surface area contributed by atoms with Crippen molar-refractivity contribution in [1.82, 2.24) is 0 Å². The zero-order chi connectivity index (χ0) is 12.3. The largest absolute Gasteiger partial charge is 0.507 e. The van der Waals surface area contributed by atoms with Gasteiger partial charge in [-0.25, -0.2) is 0 Å². The number of benzene rings is 1. The lowest BCUT2D eigenvalue weighted by atomic mass is 9.88. The van der Waals surface area contributed by atoms with Gasteiger partial charge in [0.05, 0.1) is 0 Å². The second kappa shape index (κ2) is 5.38. The van der Waals surface area contributed by atoms with Gasteiger partial charge in [0, 0.05) is 0 Å². The van der Waals surface area contributed by atoms with Crippen molar-refractivity contribution in [3.8, 4) is 5.75 Å². The predicted octanol–water partition coefficient (Wildman–Crippen LogP) is 4.73. The van der Waals surface area contributed by atoms with E-state index in [9.17, 15) is 5.11 Å². The molecule has 0 radical (unpaired) electrons. The molecule has 0 aliphatic rings. The highest BCUT2D eigenvalue weighted by Crippen LogP contribution is 2.37. The second-order valence-corrected chi connectivity index (χ2v) is 4.96. The molecule has 1 nitrogen and oxygen atoms in total. The molecule has 16 heavy (non-hydrogen) atoms. The van der Waals surface area contributed by atoms with Crippen LogP contribution in [0.5, 0.6) is 5.75 Å². The highest BCUT2D eigenvalue weighted by atomic mass is 16.3. The quantitative estimate of drug-likeness (QED) is 0.778. The zero-order valence-electron chi connectivity index (χ0n) is 11.2. The molecule has 0 atom stereocenters. The first-order valence-electron chi connectivity index (χ1n) is 6.34. The minimum absolute atomic E-state index is 0.382. The number of rotatable bonds is 4. The van der Waals surface area contributed by atoms with E-state index in [0.717, 1.165) is 24.0 Å². The Hall–Kier alpha value is -0.980. The molecule has 0 bridgehead atoms. The van der Waals surface area contributed by atoms with E-state index in [0.29, 0.717) is 17.6 Å². The van der Waals surface area contributed by atoms with Crippen molar-refractivity contribution in [2.45, 2.75) is 59.3 Å². The molecule has 90 valence electrons. The fraction of sp³-hybridized carbons (Fsp3) is 0.600. The van der Waals surface area contributed by atoms with Crippen molar-refractivity contribution in [3.05, 3.63) is 28.8 Å². The third-order valence-corrected chi connectivity index (χ3v) is 3.36. The maximum atomic E-state index is 10.3. The van der Waals surface area contributed by atoms with Crippen LogP contribution < -0.4 is 0 Å². The number of phenols is 1. The van der Waals surface area contributed by atoms with E-state index in [-0.39, 0.29) is 0 Å². The summed E-state index contributed by atoms with van der Waals surface area (Å²) < 4.78 is 0. The molecule has 0 amide bonds. The fourth-order valence-corrected chi connectivity index (χ4v) is 2.32. The molecule has 0 aliphatic heterocycles. The Morgan fingerprint density at radius 2 is 1.56 bits per heavy atom. The lowest BCUT2D eigenvalue weighted by Crippen LogP contribution is -2.00. The molecule has 0 aliphatic carbocycles. The summed E-state index contributed by atoms with van der Waals surface area (Å²) in [5.41, 5.74) is 3.47. The van der Waals surface area contributed by atoms with Crippen LogP contribution in [-0.2, 0) is 0 Å². The van der Waals surface area contributed by atoms with Crippen LogP contribution in [-0.4, -0.2) is 5.11 Å². The first-order chi connectivity index (χ1) is 7.51. The number of hydrogen-bond acceptors (Lipinski definition) is 1. The fourth-order valence-electron chi connectivity index (χ4n) is 2.32. The summed E-state index contributed by atoms with van der Waals surface area (Å²) in [5.74, 6) is 1.39. The maximum Gasteiger partial charge on any atom is 0.122 e. The lowest BCUT2D eigenvalue weighted by molar-refractivity contribution is 0.447. The molecule has 1 heteroatoms. The number of aromatic hydroxyl groups is 1. The van der Waals surface area contributed by atoms with Gasteiger partial charge >= 0.3 is 0 Å². The number of aryl methyl sites for hydroxylation is 1. The predicted molar refractivity (Wildman–Crippen MR) is 70.3 cm³/mol. The van der Waals surface area contributed by atoms with Gasteiger partial charge in [0.1, 0.15) is 5.75 Å². The van der Waals surface area contributed by atoms with Crippen molar-refractivity contribution in [2.75, 3.05) is 0 Å². The van der Waals surface area contributed by atoms with Crippen LogP contribution in [0.1, 0.15) is 69.1 Å². The lowest BCUT2D eigenvalue weighted by Gasteiger charge is -2.19. The van der Waals surface area contributed by atoms with E-state index in [1.807, 2.05) is 0 Å². The molecule has 0 spiro atoms. The van der Waals surface area contributed by atoms with Crippen LogP contribution in [0.2, 0.25) is 0 Å². The van der Waals surface area contributed by atoms with Crippen molar-refractivity contribution in [2.24, 2.45) is 0 Å². The monoisotopic (exact) mass is 220 g/mol. The topological polar surface area (TPSA) is 20.2 Å². The van der Waals surface area contributed by atoms with Gasteiger partial charge in [0.2, 0.25) is 0 Å². The van der Waals surface area contributed by atoms with Crippen LogP contribution in [0.15, 0.2) is 12.1 Å². The molecule has 1 aromatic rings. The van der Waals surface area contributed by atoms with Crippen molar-refractivity contribution in [3.63, 3.8) is 0 Å². The summed E-state index contributed by atoms with van der Waals surface area (Å²) in [6, 6.07) is 4.24. The summed E-state index contributed by atoms with van der Waals surface area (Å²) >= 11 is 0. The maximum absolute atomic E-state index is 10.3. The van der Waals surface area contributed by atoms with Gasteiger partial charge in [0.15, 0.2) is 0 Å². The third kappa shape index (κ3) is 2.58. The molecule has 1 N–H and O–H groups in total. The van der Waals surface area contributed by atoms with Crippen molar-refractivity contribution >= 4 is 0 Å². The first-order valence-corrected chi connectivity index (χ1v) is 6.34. The zero-order valence-corrected chi connectivity index (χ0v) is 11.2. The Kier molecular flexibility index (Phi) is 4.40. The van der Waals surface area contributed by atoms with Gasteiger partial charge in [-0.2, -0.15) is 0 Å². The van der Waals surface area contributed by atoms with Crippen LogP contribution in [0.4, 0.5) is 0 Å². The van der Waals surface area contributed by atoms with E-state index in [4.69, 9.17) is 0 Å². The summed E-state index contributed by atoms with van der Waals surface area (Å²) in [6.07, 6.45) is 2.18. The van der Waals surface area contributed by atoms with Gasteiger partial charge < -0.3 is 5.11 Å². The molecule has 1 aromatic carbocycles. The van der Waals surface area contributed by atoms with E-state index < -0.39 is 0 Å². The van der Waals surface area contributed by atoms with E-state index in [2.05, 4.69) is 46.8 Å². The standard InChI is InChI=1S/C15H24O/c1-6-12(7-2)14-9-11(5)8-13(10(3)4)15(14)16/h8-10,12,16H,6-7H2,1-5H3. The van der Waals surface area contributed by atoms with Crippen molar-refractivity contribution in [1.29, 1.82) is 0 Å². The highest BCUT2D eigenvalue weighted by molar-refractivity contribution is 5.46. The highest BCUT2D eigenvalue weighted by Gasteiger charge is 2.16. The Balaban J connectivity index is 3.28. The van der Waals surface area contributed by atoms with Gasteiger partial charge in [-0.05, 0) is 42.7 Å². The smallest absolute Gasteiger partial charge is 0.122 e. The summed E-state index contributed by atoms with van der Waals surface area (Å²) in [7, 11) is 0. The molecule has 0 heterocycles.